The molecule has 0 spiro atoms. The highest BCUT2D eigenvalue weighted by atomic mass is 28.4. The summed E-state index contributed by atoms with van der Waals surface area (Å²) in [6.07, 6.45) is 3.13. The molecule has 0 saturated carbocycles. The van der Waals surface area contributed by atoms with Crippen LogP contribution in [0.5, 0.6) is 0 Å². The minimum Gasteiger partial charge on any atom is -0.377 e. The maximum absolute atomic E-state index is 5.55. The lowest BCUT2D eigenvalue weighted by molar-refractivity contribution is 0.103. The summed E-state index contributed by atoms with van der Waals surface area (Å²) < 4.78 is 16.2. The molecule has 0 aromatic carbocycles. The lowest BCUT2D eigenvalue weighted by Gasteiger charge is -2.25. The van der Waals surface area contributed by atoms with Crippen LogP contribution >= 0.6 is 0 Å². The molecule has 0 N–H and O–H groups in total. The van der Waals surface area contributed by atoms with Gasteiger partial charge in [-0.2, -0.15) is 0 Å². The van der Waals surface area contributed by atoms with E-state index in [1.807, 2.05) is 6.92 Å². The third kappa shape index (κ3) is 4.76. The van der Waals surface area contributed by atoms with Crippen LogP contribution in [0.1, 0.15) is 26.2 Å². The first-order chi connectivity index (χ1) is 6.24. The molecule has 3 nitrogen and oxygen atoms in total. The van der Waals surface area contributed by atoms with Gasteiger partial charge in [-0.1, -0.05) is 19.8 Å². The van der Waals surface area contributed by atoms with E-state index in [1.165, 1.54) is 0 Å². The van der Waals surface area contributed by atoms with E-state index < -0.39 is 8.80 Å². The maximum atomic E-state index is 5.55. The van der Waals surface area contributed by atoms with E-state index in [0.29, 0.717) is 6.61 Å². The fraction of sp³-hybridized carbons (Fsp3) is 0.889. The molecule has 0 rings (SSSR count). The van der Waals surface area contributed by atoms with Crippen molar-refractivity contribution in [3.8, 4) is 0 Å². The van der Waals surface area contributed by atoms with Crippen LogP contribution in [0.2, 0.25) is 6.04 Å². The van der Waals surface area contributed by atoms with E-state index >= 15 is 0 Å². The molecule has 0 aromatic rings. The van der Waals surface area contributed by atoms with Crippen LogP contribution in [0.15, 0.2) is 0 Å². The summed E-state index contributed by atoms with van der Waals surface area (Å²) in [5.74, 6) is 0. The van der Waals surface area contributed by atoms with Gasteiger partial charge in [0.15, 0.2) is 0 Å². The van der Waals surface area contributed by atoms with Crippen LogP contribution in [0.3, 0.4) is 0 Å². The average molecular weight is 205 g/mol. The summed E-state index contributed by atoms with van der Waals surface area (Å²) in [6, 6.07) is 0.892. The van der Waals surface area contributed by atoms with Crippen LogP contribution in [0, 0.1) is 6.92 Å². The van der Waals surface area contributed by atoms with E-state index in [4.69, 9.17) is 13.3 Å². The van der Waals surface area contributed by atoms with Gasteiger partial charge >= 0.3 is 8.80 Å². The van der Waals surface area contributed by atoms with Crippen molar-refractivity contribution in [2.45, 2.75) is 32.2 Å². The first kappa shape index (κ1) is 13.1. The summed E-state index contributed by atoms with van der Waals surface area (Å²) in [7, 11) is 1.02. The molecule has 0 saturated heterocycles. The zero-order valence-corrected chi connectivity index (χ0v) is 9.97. The van der Waals surface area contributed by atoms with Gasteiger partial charge in [-0.15, -0.1) is 0 Å². The van der Waals surface area contributed by atoms with Gasteiger partial charge in [-0.05, 0) is 13.3 Å². The lowest BCUT2D eigenvalue weighted by Crippen LogP contribution is -2.43. The van der Waals surface area contributed by atoms with Crippen LogP contribution in [0.4, 0.5) is 0 Å². The Labute approximate surface area is 82.8 Å². The summed E-state index contributed by atoms with van der Waals surface area (Å²) >= 11 is 0. The predicted octanol–water partition coefficient (Wildman–Crippen LogP) is 2.26. The standard InChI is InChI=1S/C9H21O3Si/c1-5-7-8-9-13(10-3,11-4)12-6-2/h1,5-9H2,2-4H3. The zero-order valence-electron chi connectivity index (χ0n) is 8.97. The molecular formula is C9H21O3Si. The fourth-order valence-corrected chi connectivity index (χ4v) is 3.29. The molecule has 0 aliphatic heterocycles. The van der Waals surface area contributed by atoms with Gasteiger partial charge < -0.3 is 13.3 Å². The zero-order chi connectivity index (χ0) is 10.2. The van der Waals surface area contributed by atoms with Gasteiger partial charge in [0.2, 0.25) is 0 Å². The molecule has 0 atom stereocenters. The monoisotopic (exact) mass is 205 g/mol. The normalized spacial score (nSPS) is 12.0. The van der Waals surface area contributed by atoms with Crippen LogP contribution < -0.4 is 0 Å². The summed E-state index contributed by atoms with van der Waals surface area (Å²) in [5, 5.41) is 0. The summed E-state index contributed by atoms with van der Waals surface area (Å²) in [4.78, 5) is 0. The van der Waals surface area contributed by atoms with Gasteiger partial charge in [0.25, 0.3) is 0 Å². The first-order valence-corrected chi connectivity index (χ1v) is 6.71. The van der Waals surface area contributed by atoms with E-state index in [0.717, 1.165) is 25.3 Å². The number of rotatable bonds is 8. The smallest absolute Gasteiger partial charge is 0.377 e. The fourth-order valence-electron chi connectivity index (χ4n) is 1.22. The van der Waals surface area contributed by atoms with Crippen molar-refractivity contribution < 1.29 is 13.3 Å². The maximum Gasteiger partial charge on any atom is 0.500 e. The van der Waals surface area contributed by atoms with E-state index in [2.05, 4.69) is 6.92 Å². The van der Waals surface area contributed by atoms with Crippen LogP contribution in [0.25, 0.3) is 0 Å². The Morgan fingerprint density at radius 1 is 1.15 bits per heavy atom. The number of hydrogen-bond donors (Lipinski definition) is 0. The molecule has 1 radical (unpaired) electrons. The third-order valence-electron chi connectivity index (χ3n) is 1.97. The SMILES string of the molecule is [CH2]CCCC[Si](OC)(OC)OCC. The molecule has 13 heavy (non-hydrogen) atoms. The Balaban J connectivity index is 3.89. The van der Waals surface area contributed by atoms with Crippen LogP contribution in [-0.2, 0) is 13.3 Å². The molecule has 0 aliphatic rings. The van der Waals surface area contributed by atoms with Crippen molar-refractivity contribution in [3.63, 3.8) is 0 Å². The van der Waals surface area contributed by atoms with Crippen molar-refractivity contribution in [2.24, 2.45) is 0 Å². The molecule has 0 heterocycles. The van der Waals surface area contributed by atoms with Crippen molar-refractivity contribution in [2.75, 3.05) is 20.8 Å². The minimum absolute atomic E-state index is 0.651. The lowest BCUT2D eigenvalue weighted by atomic mass is 10.3. The predicted molar refractivity (Wildman–Crippen MR) is 55.4 cm³/mol. The van der Waals surface area contributed by atoms with Gasteiger partial charge in [-0.3, -0.25) is 0 Å². The Morgan fingerprint density at radius 2 is 1.77 bits per heavy atom. The van der Waals surface area contributed by atoms with Crippen molar-refractivity contribution >= 4 is 8.80 Å². The first-order valence-electron chi connectivity index (χ1n) is 4.78. The summed E-state index contributed by atoms with van der Waals surface area (Å²) in [5.41, 5.74) is 0. The molecule has 4 heteroatoms. The molecule has 0 aliphatic carbocycles. The van der Waals surface area contributed by atoms with E-state index in [1.54, 1.807) is 14.2 Å². The average Bonchev–Trinajstić information content (AvgIpc) is 2.17. The second-order valence-corrected chi connectivity index (χ2v) is 5.81. The topological polar surface area (TPSA) is 27.7 Å². The summed E-state index contributed by atoms with van der Waals surface area (Å²) in [6.45, 7) is 6.41. The molecule has 0 amide bonds. The van der Waals surface area contributed by atoms with Gasteiger partial charge in [0.1, 0.15) is 0 Å². The Bertz CT molecular complexity index is 115. The largest absolute Gasteiger partial charge is 0.500 e. The number of unbranched alkanes of at least 4 members (excludes halogenated alkanes) is 2. The molecule has 0 aromatic heterocycles. The molecular weight excluding hydrogens is 184 g/mol. The van der Waals surface area contributed by atoms with E-state index in [9.17, 15) is 0 Å². The van der Waals surface area contributed by atoms with Crippen LogP contribution in [-0.4, -0.2) is 29.6 Å². The van der Waals surface area contributed by atoms with E-state index in [-0.39, 0.29) is 0 Å². The Hall–Kier alpha value is 0.0969. The van der Waals surface area contributed by atoms with Gasteiger partial charge in [0.05, 0.1) is 0 Å². The second-order valence-electron chi connectivity index (χ2n) is 2.83. The highest BCUT2D eigenvalue weighted by molar-refractivity contribution is 6.60. The quantitative estimate of drug-likeness (QED) is 0.449. The van der Waals surface area contributed by atoms with Gasteiger partial charge in [-0.25, -0.2) is 0 Å². The van der Waals surface area contributed by atoms with Gasteiger partial charge in [0, 0.05) is 26.9 Å². The highest BCUT2D eigenvalue weighted by Crippen LogP contribution is 2.17. The van der Waals surface area contributed by atoms with Crippen molar-refractivity contribution in [1.82, 2.24) is 0 Å². The Kier molecular flexibility index (Phi) is 7.55. The second kappa shape index (κ2) is 7.50. The number of hydrogen-bond acceptors (Lipinski definition) is 3. The highest BCUT2D eigenvalue weighted by Gasteiger charge is 2.37. The van der Waals surface area contributed by atoms with Crippen molar-refractivity contribution in [3.05, 3.63) is 6.92 Å². The Morgan fingerprint density at radius 3 is 2.15 bits per heavy atom. The molecule has 79 valence electrons. The molecule has 0 fully saturated rings. The molecule has 0 unspecified atom stereocenters. The third-order valence-corrected chi connectivity index (χ3v) is 4.91. The minimum atomic E-state index is -2.31. The van der Waals surface area contributed by atoms with Crippen molar-refractivity contribution in [1.29, 1.82) is 0 Å². The molecule has 0 bridgehead atoms.